The van der Waals surface area contributed by atoms with Crippen LogP contribution in [0.5, 0.6) is 0 Å². The summed E-state index contributed by atoms with van der Waals surface area (Å²) in [5, 5.41) is 0. The topological polar surface area (TPSA) is 26.3 Å². The third-order valence-corrected chi connectivity index (χ3v) is 7.53. The van der Waals surface area contributed by atoms with Gasteiger partial charge in [0.15, 0.2) is 0 Å². The van der Waals surface area contributed by atoms with E-state index in [2.05, 4.69) is 27.4 Å². The maximum atomic E-state index is 12.3. The largest absolute Gasteiger partial charge is 0.381 e. The third kappa shape index (κ3) is 1.50. The van der Waals surface area contributed by atoms with Crippen molar-refractivity contribution in [2.24, 2.45) is 27.6 Å². The first kappa shape index (κ1) is 15.3. The number of carbonyl (C=O) groups excluding carboxylic acids is 1. The highest BCUT2D eigenvalue weighted by atomic mass is 16.5. The van der Waals surface area contributed by atoms with Crippen molar-refractivity contribution >= 4 is 6.29 Å². The molecule has 0 heterocycles. The molecule has 3 saturated carbocycles. The van der Waals surface area contributed by atoms with Gasteiger partial charge in [-0.25, -0.2) is 0 Å². The van der Waals surface area contributed by atoms with Crippen LogP contribution in [-0.4, -0.2) is 19.5 Å². The third-order valence-electron chi connectivity index (χ3n) is 7.53. The summed E-state index contributed by atoms with van der Waals surface area (Å²) in [6.45, 7) is 11.2. The Morgan fingerprint density at radius 2 is 1.95 bits per heavy atom. The van der Waals surface area contributed by atoms with E-state index in [9.17, 15) is 4.79 Å². The lowest BCUT2D eigenvalue weighted by Crippen LogP contribution is -2.54. The zero-order valence-electron chi connectivity index (χ0n) is 14.1. The van der Waals surface area contributed by atoms with Gasteiger partial charge in [-0.3, -0.25) is 0 Å². The second kappa shape index (κ2) is 4.44. The lowest BCUT2D eigenvalue weighted by Gasteiger charge is -2.51. The summed E-state index contributed by atoms with van der Waals surface area (Å²) in [6.07, 6.45) is 9.96. The van der Waals surface area contributed by atoms with E-state index in [0.29, 0.717) is 11.3 Å². The van der Waals surface area contributed by atoms with Gasteiger partial charge in [0, 0.05) is 17.9 Å². The number of hydrogen-bond acceptors (Lipinski definition) is 2. The summed E-state index contributed by atoms with van der Waals surface area (Å²) in [5.74, 6) is 0.590. The highest BCUT2D eigenvalue weighted by molar-refractivity contribution is 5.64. The normalized spacial score (nSPS) is 50.7. The van der Waals surface area contributed by atoms with Gasteiger partial charge in [-0.15, -0.1) is 6.58 Å². The first-order valence-electron chi connectivity index (χ1n) is 8.44. The Labute approximate surface area is 129 Å². The number of allylic oxidation sites excluding steroid dienone is 1. The van der Waals surface area contributed by atoms with Crippen molar-refractivity contribution in [2.45, 2.75) is 65.4 Å². The zero-order valence-corrected chi connectivity index (χ0v) is 14.1. The summed E-state index contributed by atoms with van der Waals surface area (Å²) < 4.78 is 6.00. The summed E-state index contributed by atoms with van der Waals surface area (Å²) in [4.78, 5) is 12.3. The van der Waals surface area contributed by atoms with Gasteiger partial charge in [-0.1, -0.05) is 26.8 Å². The van der Waals surface area contributed by atoms with Gasteiger partial charge >= 0.3 is 0 Å². The Morgan fingerprint density at radius 3 is 2.52 bits per heavy atom. The smallest absolute Gasteiger partial charge is 0.127 e. The van der Waals surface area contributed by atoms with Crippen molar-refractivity contribution in [1.82, 2.24) is 0 Å². The molecule has 1 unspecified atom stereocenters. The number of ether oxygens (including phenoxy) is 1. The van der Waals surface area contributed by atoms with E-state index in [0.717, 1.165) is 25.7 Å². The fourth-order valence-corrected chi connectivity index (χ4v) is 7.43. The van der Waals surface area contributed by atoms with Gasteiger partial charge < -0.3 is 9.53 Å². The van der Waals surface area contributed by atoms with E-state index in [1.165, 1.54) is 19.1 Å². The van der Waals surface area contributed by atoms with Gasteiger partial charge in [0.2, 0.25) is 0 Å². The number of aldehydes is 1. The average molecular weight is 290 g/mol. The van der Waals surface area contributed by atoms with E-state index < -0.39 is 0 Å². The van der Waals surface area contributed by atoms with Crippen molar-refractivity contribution in [2.75, 3.05) is 7.11 Å². The number of methoxy groups -OCH3 is 1. The summed E-state index contributed by atoms with van der Waals surface area (Å²) >= 11 is 0. The molecule has 118 valence electrons. The maximum absolute atomic E-state index is 12.3. The summed E-state index contributed by atoms with van der Waals surface area (Å²) in [7, 11) is 1.84. The Bertz CT molecular complexity index is 468. The minimum Gasteiger partial charge on any atom is -0.381 e. The van der Waals surface area contributed by atoms with Crippen LogP contribution in [0, 0.1) is 27.6 Å². The lowest BCUT2D eigenvalue weighted by atomic mass is 9.52. The monoisotopic (exact) mass is 290 g/mol. The van der Waals surface area contributed by atoms with Crippen LogP contribution in [0.25, 0.3) is 0 Å². The molecule has 3 rings (SSSR count). The van der Waals surface area contributed by atoms with Crippen LogP contribution < -0.4 is 0 Å². The molecule has 1 spiro atoms. The molecule has 0 bridgehead atoms. The molecule has 0 N–H and O–H groups in total. The van der Waals surface area contributed by atoms with Crippen LogP contribution in [0.4, 0.5) is 0 Å². The SMILES string of the molecule is C=CC[C@]1(C=O)CC[C@H]2C(C)(C)C[C@@]3(C)CC[C@@H](OC)C231. The molecule has 21 heavy (non-hydrogen) atoms. The first-order chi connectivity index (χ1) is 9.83. The van der Waals surface area contributed by atoms with Crippen LogP contribution in [0.1, 0.15) is 59.3 Å². The zero-order chi connectivity index (χ0) is 15.5. The van der Waals surface area contributed by atoms with E-state index in [4.69, 9.17) is 4.74 Å². The van der Waals surface area contributed by atoms with E-state index in [-0.39, 0.29) is 22.3 Å². The quantitative estimate of drug-likeness (QED) is 0.567. The molecule has 3 fully saturated rings. The van der Waals surface area contributed by atoms with Crippen LogP contribution >= 0.6 is 0 Å². The molecule has 2 heteroatoms. The number of hydrogen-bond donors (Lipinski definition) is 0. The van der Waals surface area contributed by atoms with E-state index in [1.54, 1.807) is 0 Å². The molecule has 0 aliphatic heterocycles. The Hall–Kier alpha value is -0.630. The molecule has 0 aromatic carbocycles. The van der Waals surface area contributed by atoms with Gasteiger partial charge in [-0.2, -0.15) is 0 Å². The minimum atomic E-state index is -0.265. The minimum absolute atomic E-state index is 0.00812. The molecule has 0 radical (unpaired) electrons. The van der Waals surface area contributed by atoms with Crippen LogP contribution in [0.15, 0.2) is 12.7 Å². The molecule has 0 aromatic heterocycles. The molecule has 3 aliphatic rings. The molecule has 3 aliphatic carbocycles. The summed E-state index contributed by atoms with van der Waals surface area (Å²) in [5.41, 5.74) is 0.271. The standard InChI is InChI=1S/C19H30O2/c1-6-9-18(13-20)11-7-14-16(2,3)12-17(4)10-8-15(21-5)19(14,17)18/h6,13-15H,1,7-12H2,2-5H3/t14-,15+,17+,18+,19?/m0/s1. The van der Waals surface area contributed by atoms with Crippen LogP contribution in [0.2, 0.25) is 0 Å². The van der Waals surface area contributed by atoms with Crippen molar-refractivity contribution in [3.8, 4) is 0 Å². The Morgan fingerprint density at radius 1 is 1.24 bits per heavy atom. The predicted octanol–water partition coefficient (Wildman–Crippen LogP) is 4.39. The number of carbonyl (C=O) groups is 1. The predicted molar refractivity (Wildman–Crippen MR) is 85.0 cm³/mol. The van der Waals surface area contributed by atoms with Crippen molar-refractivity contribution in [1.29, 1.82) is 0 Å². The highest BCUT2D eigenvalue weighted by Gasteiger charge is 2.78. The Balaban J connectivity index is 2.24. The van der Waals surface area contributed by atoms with E-state index in [1.807, 2.05) is 13.2 Å². The van der Waals surface area contributed by atoms with Gasteiger partial charge in [-0.05, 0) is 55.3 Å². The van der Waals surface area contributed by atoms with Crippen LogP contribution in [-0.2, 0) is 9.53 Å². The van der Waals surface area contributed by atoms with E-state index >= 15 is 0 Å². The average Bonchev–Trinajstić information content (AvgIpc) is 2.95. The molecular formula is C19H30O2. The molecule has 5 atom stereocenters. The summed E-state index contributed by atoms with van der Waals surface area (Å²) in [6, 6.07) is 0. The molecular weight excluding hydrogens is 260 g/mol. The highest BCUT2D eigenvalue weighted by Crippen LogP contribution is 2.81. The lowest BCUT2D eigenvalue weighted by molar-refractivity contribution is -0.145. The number of rotatable bonds is 4. The second-order valence-corrected chi connectivity index (χ2v) is 8.72. The van der Waals surface area contributed by atoms with Crippen molar-refractivity contribution in [3.63, 3.8) is 0 Å². The van der Waals surface area contributed by atoms with Gasteiger partial charge in [0.1, 0.15) is 6.29 Å². The molecule has 0 amide bonds. The van der Waals surface area contributed by atoms with Crippen molar-refractivity contribution < 1.29 is 9.53 Å². The molecule has 0 aromatic rings. The van der Waals surface area contributed by atoms with Crippen LogP contribution in [0.3, 0.4) is 0 Å². The fourth-order valence-electron chi connectivity index (χ4n) is 7.43. The first-order valence-corrected chi connectivity index (χ1v) is 8.44. The fraction of sp³-hybridized carbons (Fsp3) is 0.842. The Kier molecular flexibility index (Phi) is 3.23. The van der Waals surface area contributed by atoms with Gasteiger partial charge in [0.05, 0.1) is 6.10 Å². The maximum Gasteiger partial charge on any atom is 0.127 e. The van der Waals surface area contributed by atoms with Gasteiger partial charge in [0.25, 0.3) is 0 Å². The molecule has 0 saturated heterocycles. The second-order valence-electron chi connectivity index (χ2n) is 8.72. The van der Waals surface area contributed by atoms with Crippen molar-refractivity contribution in [3.05, 3.63) is 12.7 Å². The molecule has 2 nitrogen and oxygen atoms in total.